The average molecular weight is 315 g/mol. The maximum atomic E-state index is 12.3. The van der Waals surface area contributed by atoms with Crippen LogP contribution in [0.25, 0.3) is 0 Å². The fraction of sp³-hybridized carbons (Fsp3) is 0.556. The molecule has 1 aromatic carbocycles. The first kappa shape index (κ1) is 17.3. The number of likely N-dealkylation sites (tertiary alicyclic amines) is 1. The Labute approximate surface area is 138 Å². The molecule has 1 aliphatic heterocycles. The molecule has 2 unspecified atom stereocenters. The summed E-state index contributed by atoms with van der Waals surface area (Å²) in [6.45, 7) is 8.31. The van der Waals surface area contributed by atoms with Crippen LogP contribution in [0, 0.1) is 17.2 Å². The summed E-state index contributed by atoms with van der Waals surface area (Å²) in [6, 6.07) is 9.23. The Balaban J connectivity index is 1.83. The molecule has 124 valence electrons. The second-order valence-electron chi connectivity index (χ2n) is 6.49. The lowest BCUT2D eigenvalue weighted by atomic mass is 10.1. The van der Waals surface area contributed by atoms with Gasteiger partial charge < -0.3 is 15.0 Å². The van der Waals surface area contributed by atoms with Gasteiger partial charge in [-0.05, 0) is 37.0 Å². The molecule has 2 atom stereocenters. The van der Waals surface area contributed by atoms with E-state index in [1.807, 2.05) is 24.0 Å². The molecule has 0 spiro atoms. The highest BCUT2D eigenvalue weighted by atomic mass is 16.5. The smallest absolute Gasteiger partial charge is 0.317 e. The van der Waals surface area contributed by atoms with Gasteiger partial charge in [0.15, 0.2) is 0 Å². The quantitative estimate of drug-likeness (QED) is 0.908. The van der Waals surface area contributed by atoms with Crippen molar-refractivity contribution in [2.75, 3.05) is 19.7 Å². The van der Waals surface area contributed by atoms with Crippen LogP contribution < -0.4 is 5.32 Å². The molecule has 1 fully saturated rings. The van der Waals surface area contributed by atoms with E-state index in [1.54, 1.807) is 12.1 Å². The molecule has 0 aliphatic carbocycles. The zero-order chi connectivity index (χ0) is 16.8. The summed E-state index contributed by atoms with van der Waals surface area (Å²) in [5.74, 6) is 0.509. The van der Waals surface area contributed by atoms with Gasteiger partial charge in [0.25, 0.3) is 0 Å². The second-order valence-corrected chi connectivity index (χ2v) is 6.49. The molecular weight excluding hydrogens is 290 g/mol. The Bertz CT molecular complexity index is 563. The van der Waals surface area contributed by atoms with Gasteiger partial charge in [-0.1, -0.05) is 26.0 Å². The van der Waals surface area contributed by atoms with Crippen LogP contribution in [0.3, 0.4) is 0 Å². The number of nitriles is 1. The fourth-order valence-corrected chi connectivity index (χ4v) is 2.58. The standard InChI is InChI=1S/C18H25N3O2/c1-13(2)12-23-17-8-9-21(11-17)18(22)20-14(3)16-6-4-15(10-19)5-7-16/h4-7,13-14,17H,8-9,11-12H2,1-3H3,(H,20,22). The summed E-state index contributed by atoms with van der Waals surface area (Å²) in [6.07, 6.45) is 1.04. The third-order valence-electron chi connectivity index (χ3n) is 3.98. The predicted molar refractivity (Wildman–Crippen MR) is 88.9 cm³/mol. The van der Waals surface area contributed by atoms with E-state index in [0.29, 0.717) is 18.0 Å². The monoisotopic (exact) mass is 315 g/mol. The molecular formula is C18H25N3O2. The Morgan fingerprint density at radius 2 is 2.09 bits per heavy atom. The van der Waals surface area contributed by atoms with Crippen LogP contribution in [0.15, 0.2) is 24.3 Å². The van der Waals surface area contributed by atoms with Gasteiger partial charge in [0.2, 0.25) is 0 Å². The number of carbonyl (C=O) groups excluding carboxylic acids is 1. The van der Waals surface area contributed by atoms with Crippen molar-refractivity contribution in [3.05, 3.63) is 35.4 Å². The minimum absolute atomic E-state index is 0.0579. The van der Waals surface area contributed by atoms with Crippen LogP contribution in [0.4, 0.5) is 4.79 Å². The molecule has 23 heavy (non-hydrogen) atoms. The topological polar surface area (TPSA) is 65.4 Å². The predicted octanol–water partition coefficient (Wildman–Crippen LogP) is 3.08. The highest BCUT2D eigenvalue weighted by Gasteiger charge is 2.27. The molecule has 0 saturated carbocycles. The normalized spacial score (nSPS) is 18.7. The third kappa shape index (κ3) is 4.97. The zero-order valence-corrected chi connectivity index (χ0v) is 14.1. The van der Waals surface area contributed by atoms with Crippen molar-refractivity contribution in [1.29, 1.82) is 5.26 Å². The first-order valence-corrected chi connectivity index (χ1v) is 8.16. The fourth-order valence-electron chi connectivity index (χ4n) is 2.58. The number of carbonyl (C=O) groups is 1. The van der Waals surface area contributed by atoms with Crippen LogP contribution >= 0.6 is 0 Å². The summed E-state index contributed by atoms with van der Waals surface area (Å²) < 4.78 is 5.81. The third-order valence-corrected chi connectivity index (χ3v) is 3.98. The Morgan fingerprint density at radius 1 is 1.39 bits per heavy atom. The van der Waals surface area contributed by atoms with E-state index in [1.165, 1.54) is 0 Å². The van der Waals surface area contributed by atoms with Gasteiger partial charge in [-0.25, -0.2) is 4.79 Å². The van der Waals surface area contributed by atoms with Crippen molar-refractivity contribution in [1.82, 2.24) is 10.2 Å². The van der Waals surface area contributed by atoms with Gasteiger partial charge in [-0.2, -0.15) is 5.26 Å². The molecule has 0 aromatic heterocycles. The summed E-state index contributed by atoms with van der Waals surface area (Å²) in [7, 11) is 0. The molecule has 1 heterocycles. The van der Waals surface area contributed by atoms with Crippen LogP contribution in [-0.4, -0.2) is 36.7 Å². The Morgan fingerprint density at radius 3 is 2.70 bits per heavy atom. The molecule has 5 nitrogen and oxygen atoms in total. The highest BCUT2D eigenvalue weighted by Crippen LogP contribution is 2.17. The van der Waals surface area contributed by atoms with Crippen LogP contribution in [0.1, 0.15) is 44.4 Å². The zero-order valence-electron chi connectivity index (χ0n) is 14.1. The lowest BCUT2D eigenvalue weighted by Crippen LogP contribution is -2.40. The SMILES string of the molecule is CC(C)COC1CCN(C(=O)NC(C)c2ccc(C#N)cc2)C1. The first-order chi connectivity index (χ1) is 11.0. The number of amides is 2. The maximum Gasteiger partial charge on any atom is 0.317 e. The highest BCUT2D eigenvalue weighted by molar-refractivity contribution is 5.75. The summed E-state index contributed by atoms with van der Waals surface area (Å²) in [5.41, 5.74) is 1.61. The minimum atomic E-state index is -0.0918. The van der Waals surface area contributed by atoms with Gasteiger partial charge in [0.1, 0.15) is 0 Å². The van der Waals surface area contributed by atoms with Crippen molar-refractivity contribution < 1.29 is 9.53 Å². The van der Waals surface area contributed by atoms with Gasteiger partial charge in [0, 0.05) is 19.7 Å². The van der Waals surface area contributed by atoms with Crippen molar-refractivity contribution >= 4 is 6.03 Å². The molecule has 2 rings (SSSR count). The number of benzene rings is 1. The molecule has 2 amide bonds. The number of urea groups is 1. The minimum Gasteiger partial charge on any atom is -0.376 e. The van der Waals surface area contributed by atoms with Crippen molar-refractivity contribution in [3.8, 4) is 6.07 Å². The van der Waals surface area contributed by atoms with E-state index in [-0.39, 0.29) is 18.2 Å². The lowest BCUT2D eigenvalue weighted by molar-refractivity contribution is 0.0435. The first-order valence-electron chi connectivity index (χ1n) is 8.16. The average Bonchev–Trinajstić information content (AvgIpc) is 3.02. The van der Waals surface area contributed by atoms with Crippen LogP contribution in [0.5, 0.6) is 0 Å². The largest absolute Gasteiger partial charge is 0.376 e. The van der Waals surface area contributed by atoms with Crippen molar-refractivity contribution in [2.24, 2.45) is 5.92 Å². The molecule has 1 saturated heterocycles. The summed E-state index contributed by atoms with van der Waals surface area (Å²) in [5, 5.41) is 11.8. The second kappa shape index (κ2) is 7.98. The molecule has 1 aromatic rings. The van der Waals surface area contributed by atoms with E-state index in [4.69, 9.17) is 10.00 Å². The van der Waals surface area contributed by atoms with E-state index < -0.39 is 0 Å². The maximum absolute atomic E-state index is 12.3. The van der Waals surface area contributed by atoms with Gasteiger partial charge >= 0.3 is 6.03 Å². The molecule has 5 heteroatoms. The Kier molecular flexibility index (Phi) is 6.00. The van der Waals surface area contributed by atoms with Crippen LogP contribution in [-0.2, 0) is 4.74 Å². The molecule has 1 aliphatic rings. The number of hydrogen-bond acceptors (Lipinski definition) is 3. The molecule has 0 radical (unpaired) electrons. The van der Waals surface area contributed by atoms with Crippen molar-refractivity contribution in [3.63, 3.8) is 0 Å². The number of hydrogen-bond donors (Lipinski definition) is 1. The van der Waals surface area contributed by atoms with E-state index >= 15 is 0 Å². The van der Waals surface area contributed by atoms with Gasteiger partial charge in [-0.3, -0.25) is 0 Å². The number of rotatable bonds is 5. The number of ether oxygens (including phenoxy) is 1. The van der Waals surface area contributed by atoms with E-state index in [9.17, 15) is 4.79 Å². The van der Waals surface area contributed by atoms with Gasteiger partial charge in [0.05, 0.1) is 23.8 Å². The summed E-state index contributed by atoms with van der Waals surface area (Å²) in [4.78, 5) is 14.2. The van der Waals surface area contributed by atoms with E-state index in [2.05, 4.69) is 25.2 Å². The lowest BCUT2D eigenvalue weighted by Gasteiger charge is -2.21. The molecule has 0 bridgehead atoms. The van der Waals surface area contributed by atoms with E-state index in [0.717, 1.165) is 25.1 Å². The summed E-state index contributed by atoms with van der Waals surface area (Å²) >= 11 is 0. The van der Waals surface area contributed by atoms with Crippen LogP contribution in [0.2, 0.25) is 0 Å². The number of nitrogens with zero attached hydrogens (tertiary/aromatic N) is 2. The van der Waals surface area contributed by atoms with Gasteiger partial charge in [-0.15, -0.1) is 0 Å². The Hall–Kier alpha value is -2.06. The number of nitrogens with one attached hydrogen (secondary N) is 1. The molecule has 1 N–H and O–H groups in total. The van der Waals surface area contributed by atoms with Crippen molar-refractivity contribution in [2.45, 2.75) is 39.3 Å².